The highest BCUT2D eigenvalue weighted by atomic mass is 35.5. The third kappa shape index (κ3) is 4.61. The fraction of sp³-hybridized carbons (Fsp3) is 0.680. The molecule has 8 heteroatoms. The van der Waals surface area contributed by atoms with E-state index in [1.54, 1.807) is 0 Å². The predicted molar refractivity (Wildman–Crippen MR) is 127 cm³/mol. The molecule has 1 amide bonds. The van der Waals surface area contributed by atoms with Crippen molar-refractivity contribution >= 4 is 30.4 Å². The van der Waals surface area contributed by atoms with Crippen LogP contribution in [0.15, 0.2) is 18.2 Å². The van der Waals surface area contributed by atoms with Crippen LogP contribution in [0.1, 0.15) is 70.7 Å². The lowest BCUT2D eigenvalue weighted by Crippen LogP contribution is -2.65. The van der Waals surface area contributed by atoms with Gasteiger partial charge < -0.3 is 14.6 Å². The number of carbonyl (C=O) groups excluding carboxylic acids is 2. The fourth-order valence-electron chi connectivity index (χ4n) is 6.31. The Morgan fingerprint density at radius 2 is 2.00 bits per heavy atom. The van der Waals surface area contributed by atoms with E-state index in [9.17, 15) is 14.0 Å². The van der Waals surface area contributed by atoms with Crippen LogP contribution in [-0.4, -0.2) is 37.1 Å². The maximum atomic E-state index is 13.9. The Hall–Kier alpha value is -1.44. The van der Waals surface area contributed by atoms with Gasteiger partial charge in [0.1, 0.15) is 5.82 Å². The zero-order chi connectivity index (χ0) is 24.1. The molecule has 1 aliphatic heterocycles. The van der Waals surface area contributed by atoms with Gasteiger partial charge in [0.15, 0.2) is 5.78 Å². The van der Waals surface area contributed by atoms with Gasteiger partial charge in [0.2, 0.25) is 0 Å². The van der Waals surface area contributed by atoms with Gasteiger partial charge in [-0.05, 0) is 67.6 Å². The van der Waals surface area contributed by atoms with Crippen LogP contribution < -0.4 is 5.32 Å². The minimum atomic E-state index is -0.674. The number of hydrogen-bond acceptors (Lipinski definition) is 4. The predicted octanol–water partition coefficient (Wildman–Crippen LogP) is 5.31. The summed E-state index contributed by atoms with van der Waals surface area (Å²) in [6.07, 6.45) is 3.26. The van der Waals surface area contributed by atoms with Crippen LogP contribution in [-0.2, 0) is 14.1 Å². The molecule has 3 aliphatic carbocycles. The summed E-state index contributed by atoms with van der Waals surface area (Å²) in [5.74, 6) is -0.0696. The molecule has 4 fully saturated rings. The molecule has 4 aliphatic rings. The Morgan fingerprint density at radius 1 is 1.27 bits per heavy atom. The fourth-order valence-corrected chi connectivity index (χ4v) is 6.48. The molecular weight excluding hydrogens is 444 g/mol. The molecule has 1 heterocycles. The first-order valence-corrected chi connectivity index (χ1v) is 12.4. The Morgan fingerprint density at radius 3 is 2.67 bits per heavy atom. The average molecular weight is 478 g/mol. The van der Waals surface area contributed by atoms with Crippen LogP contribution in [0, 0.1) is 29.0 Å². The van der Waals surface area contributed by atoms with E-state index in [-0.39, 0.29) is 52.3 Å². The Balaban J connectivity index is 1.39. The van der Waals surface area contributed by atoms with Gasteiger partial charge in [-0.2, -0.15) is 0 Å². The van der Waals surface area contributed by atoms with Crippen molar-refractivity contribution in [2.75, 3.05) is 6.54 Å². The molecule has 5 nitrogen and oxygen atoms in total. The number of hydrogen-bond donors (Lipinski definition) is 1. The van der Waals surface area contributed by atoms with Crippen LogP contribution in [0.3, 0.4) is 0 Å². The lowest BCUT2D eigenvalue weighted by molar-refractivity contribution is -0.199. The van der Waals surface area contributed by atoms with Crippen molar-refractivity contribution < 1.29 is 23.3 Å². The van der Waals surface area contributed by atoms with Crippen LogP contribution in [0.4, 0.5) is 4.39 Å². The van der Waals surface area contributed by atoms with Crippen LogP contribution in [0.25, 0.3) is 0 Å². The lowest BCUT2D eigenvalue weighted by atomic mass is 9.43. The topological polar surface area (TPSA) is 64.6 Å². The van der Waals surface area contributed by atoms with Crippen molar-refractivity contribution in [1.82, 2.24) is 5.32 Å². The summed E-state index contributed by atoms with van der Waals surface area (Å²) in [5, 5.41) is 2.79. The number of amides is 1. The lowest BCUT2D eigenvalue weighted by Gasteiger charge is -2.64. The van der Waals surface area contributed by atoms with E-state index in [1.165, 1.54) is 18.6 Å². The second-order valence-electron chi connectivity index (χ2n) is 11.3. The summed E-state index contributed by atoms with van der Waals surface area (Å²) in [6, 6.07) is 3.77. The molecule has 5 rings (SSSR count). The molecule has 1 aromatic rings. The summed E-state index contributed by atoms with van der Waals surface area (Å²) in [7, 11) is -0.428. The quantitative estimate of drug-likeness (QED) is 0.515. The number of rotatable bonds is 8. The second-order valence-corrected chi connectivity index (χ2v) is 11.7. The summed E-state index contributed by atoms with van der Waals surface area (Å²) < 4.78 is 27.0. The molecule has 33 heavy (non-hydrogen) atoms. The van der Waals surface area contributed by atoms with Crippen LogP contribution in [0.2, 0.25) is 10.8 Å². The van der Waals surface area contributed by atoms with Crippen molar-refractivity contribution in [1.29, 1.82) is 0 Å². The maximum Gasteiger partial charge on any atom is 0.461 e. The van der Waals surface area contributed by atoms with Gasteiger partial charge in [0.25, 0.3) is 5.91 Å². The van der Waals surface area contributed by atoms with E-state index >= 15 is 0 Å². The Kier molecular flexibility index (Phi) is 6.71. The zero-order valence-corrected chi connectivity index (χ0v) is 20.9. The van der Waals surface area contributed by atoms with Crippen LogP contribution >= 0.6 is 11.6 Å². The number of carbonyl (C=O) groups is 2. The van der Waals surface area contributed by atoms with E-state index in [1.807, 2.05) is 0 Å². The molecule has 0 aromatic heterocycles. The van der Waals surface area contributed by atoms with Gasteiger partial charge in [-0.15, -0.1) is 0 Å². The van der Waals surface area contributed by atoms with Gasteiger partial charge in [-0.3, -0.25) is 9.59 Å². The molecule has 1 saturated heterocycles. The van der Waals surface area contributed by atoms with Crippen molar-refractivity contribution in [2.24, 2.45) is 23.2 Å². The Labute approximate surface area is 201 Å². The van der Waals surface area contributed by atoms with E-state index in [2.05, 4.69) is 39.9 Å². The third-order valence-corrected chi connectivity index (χ3v) is 8.47. The largest absolute Gasteiger partial charge is 0.461 e. The first-order valence-electron chi connectivity index (χ1n) is 12.0. The van der Waals surface area contributed by atoms with Crippen molar-refractivity contribution in [3.8, 4) is 0 Å². The first-order chi connectivity index (χ1) is 15.4. The van der Waals surface area contributed by atoms with Gasteiger partial charge in [-0.1, -0.05) is 39.3 Å². The molecule has 1 aromatic carbocycles. The molecule has 0 spiro atoms. The molecule has 180 valence electrons. The third-order valence-electron chi connectivity index (χ3n) is 8.24. The number of halogens is 2. The van der Waals surface area contributed by atoms with Gasteiger partial charge in [-0.25, -0.2) is 4.39 Å². The number of ketones is 1. The summed E-state index contributed by atoms with van der Waals surface area (Å²) in [6.45, 7) is 10.9. The smallest absolute Gasteiger partial charge is 0.405 e. The normalized spacial score (nSPS) is 30.5. The monoisotopic (exact) mass is 477 g/mol. The molecule has 0 radical (unpaired) electrons. The summed E-state index contributed by atoms with van der Waals surface area (Å²) in [4.78, 5) is 25.1. The van der Waals surface area contributed by atoms with Crippen LogP contribution in [0.5, 0.6) is 0 Å². The number of Topliss-reactive ketones (excluding diaryl/α,β-unsaturated/α-hetero) is 1. The molecule has 5 atom stereocenters. The number of nitrogens with one attached hydrogen (secondary N) is 1. The van der Waals surface area contributed by atoms with E-state index in [0.29, 0.717) is 17.8 Å². The second kappa shape index (κ2) is 8.97. The average Bonchev–Trinajstić information content (AvgIpc) is 3.10. The number of benzene rings is 1. The maximum absolute atomic E-state index is 13.9. The highest BCUT2D eigenvalue weighted by molar-refractivity contribution is 6.47. The molecular formula is C25H34BClFNO4. The standard InChI is InChI=1S/C25H34BClFNO4/c1-14(2)8-16(11-18(30)13-29-23(31)19-12-17(27)6-7-20(19)28)26-32-22-10-15-9-21(24(15,3)4)25(22,5)33-26/h6-7,12,14-16,21-22H,8-11,13H2,1-5H3,(H,29,31)/t15-,16+,21-,22+,25-/m0/s1. The molecule has 2 bridgehead atoms. The minimum absolute atomic E-state index is 0.0644. The van der Waals surface area contributed by atoms with Crippen molar-refractivity contribution in [3.05, 3.63) is 34.6 Å². The van der Waals surface area contributed by atoms with Gasteiger partial charge in [0.05, 0.1) is 23.8 Å². The highest BCUT2D eigenvalue weighted by Crippen LogP contribution is 2.66. The van der Waals surface area contributed by atoms with E-state index < -0.39 is 18.8 Å². The Bertz CT molecular complexity index is 941. The first kappa shape index (κ1) is 24.7. The zero-order valence-electron chi connectivity index (χ0n) is 20.1. The van der Waals surface area contributed by atoms with Crippen molar-refractivity contribution in [2.45, 2.75) is 77.8 Å². The highest BCUT2D eigenvalue weighted by Gasteiger charge is 2.68. The van der Waals surface area contributed by atoms with E-state index in [0.717, 1.165) is 18.9 Å². The minimum Gasteiger partial charge on any atom is -0.405 e. The van der Waals surface area contributed by atoms with Crippen molar-refractivity contribution in [3.63, 3.8) is 0 Å². The van der Waals surface area contributed by atoms with Gasteiger partial charge in [0, 0.05) is 17.3 Å². The van der Waals surface area contributed by atoms with Gasteiger partial charge >= 0.3 is 7.12 Å². The summed E-state index contributed by atoms with van der Waals surface area (Å²) in [5.41, 5.74) is -0.234. The molecule has 3 saturated carbocycles. The van der Waals surface area contributed by atoms with E-state index in [4.69, 9.17) is 20.9 Å². The molecule has 1 N–H and O–H groups in total. The molecule has 0 unspecified atom stereocenters. The summed E-state index contributed by atoms with van der Waals surface area (Å²) >= 11 is 5.87. The SMILES string of the molecule is CC(C)C[C@H](CC(=O)CNC(=O)c1cc(Cl)ccc1F)B1O[C@@H]2C[C@@H]3C[C@@H](C3(C)C)[C@]2(C)O1.